The van der Waals surface area contributed by atoms with E-state index >= 15 is 0 Å². The van der Waals surface area contributed by atoms with Gasteiger partial charge in [-0.25, -0.2) is 9.37 Å². The van der Waals surface area contributed by atoms with Crippen molar-refractivity contribution in [2.45, 2.75) is 13.5 Å². The van der Waals surface area contributed by atoms with Gasteiger partial charge in [0.1, 0.15) is 11.6 Å². The van der Waals surface area contributed by atoms with Crippen LogP contribution in [0.5, 0.6) is 0 Å². The van der Waals surface area contributed by atoms with Crippen LogP contribution in [0.1, 0.15) is 18.3 Å². The van der Waals surface area contributed by atoms with Crippen LogP contribution >= 0.6 is 0 Å². The average molecular weight is 266 g/mol. The zero-order chi connectivity index (χ0) is 13.9. The molecule has 0 N–H and O–H groups in total. The highest BCUT2D eigenvalue weighted by molar-refractivity contribution is 5.79. The SMILES string of the molecule is CCn1c(C=Cc2ccc(F)cc2)nc2ccccc21. The molecule has 3 heteroatoms. The van der Waals surface area contributed by atoms with Crippen LogP contribution < -0.4 is 0 Å². The molecule has 3 rings (SSSR count). The van der Waals surface area contributed by atoms with Crippen molar-refractivity contribution in [3.8, 4) is 0 Å². The van der Waals surface area contributed by atoms with E-state index < -0.39 is 0 Å². The Morgan fingerprint density at radius 3 is 2.55 bits per heavy atom. The predicted octanol–water partition coefficient (Wildman–Crippen LogP) is 4.37. The lowest BCUT2D eigenvalue weighted by Gasteiger charge is -2.01. The summed E-state index contributed by atoms with van der Waals surface area (Å²) in [7, 11) is 0. The van der Waals surface area contributed by atoms with Gasteiger partial charge in [-0.2, -0.15) is 0 Å². The number of nitrogens with zero attached hydrogens (tertiary/aromatic N) is 2. The van der Waals surface area contributed by atoms with Gasteiger partial charge < -0.3 is 4.57 Å². The molecule has 3 aromatic rings. The second-order valence-corrected chi connectivity index (χ2v) is 4.59. The lowest BCUT2D eigenvalue weighted by molar-refractivity contribution is 0.628. The Kier molecular flexibility index (Phi) is 3.33. The zero-order valence-corrected chi connectivity index (χ0v) is 11.3. The minimum Gasteiger partial charge on any atom is -0.325 e. The highest BCUT2D eigenvalue weighted by atomic mass is 19.1. The summed E-state index contributed by atoms with van der Waals surface area (Å²) < 4.78 is 15.0. The molecule has 100 valence electrons. The van der Waals surface area contributed by atoms with Crippen molar-refractivity contribution < 1.29 is 4.39 Å². The van der Waals surface area contributed by atoms with Crippen molar-refractivity contribution in [3.63, 3.8) is 0 Å². The first kappa shape index (κ1) is 12.6. The Hall–Kier alpha value is -2.42. The fourth-order valence-corrected chi connectivity index (χ4v) is 2.30. The normalized spacial score (nSPS) is 11.5. The molecule has 0 amide bonds. The molecule has 0 aliphatic rings. The number of rotatable bonds is 3. The van der Waals surface area contributed by atoms with Crippen LogP contribution in [0.4, 0.5) is 4.39 Å². The maximum absolute atomic E-state index is 12.9. The van der Waals surface area contributed by atoms with Crippen LogP contribution in [0.2, 0.25) is 0 Å². The molecule has 0 saturated carbocycles. The number of aryl methyl sites for hydroxylation is 1. The molecule has 0 fully saturated rings. The number of fused-ring (bicyclic) bond motifs is 1. The molecule has 0 spiro atoms. The lowest BCUT2D eigenvalue weighted by Crippen LogP contribution is -1.96. The molecule has 1 heterocycles. The predicted molar refractivity (Wildman–Crippen MR) is 80.7 cm³/mol. The molecule has 1 aromatic heterocycles. The Morgan fingerprint density at radius 1 is 1.05 bits per heavy atom. The van der Waals surface area contributed by atoms with Crippen molar-refractivity contribution >= 4 is 23.2 Å². The van der Waals surface area contributed by atoms with E-state index in [1.54, 1.807) is 12.1 Å². The molecule has 2 nitrogen and oxygen atoms in total. The van der Waals surface area contributed by atoms with Crippen LogP contribution in [-0.2, 0) is 6.54 Å². The molecule has 20 heavy (non-hydrogen) atoms. The number of benzene rings is 2. The van der Waals surface area contributed by atoms with E-state index in [1.807, 2.05) is 30.4 Å². The van der Waals surface area contributed by atoms with Crippen LogP contribution in [0, 0.1) is 5.82 Å². The topological polar surface area (TPSA) is 17.8 Å². The standard InChI is InChI=1S/C17H15FN2/c1-2-20-16-6-4-3-5-15(16)19-17(20)12-9-13-7-10-14(18)11-8-13/h3-12H,2H2,1H3. The van der Waals surface area contributed by atoms with Gasteiger partial charge in [-0.05, 0) is 42.8 Å². The van der Waals surface area contributed by atoms with Crippen LogP contribution in [0.15, 0.2) is 48.5 Å². The molecule has 0 unspecified atom stereocenters. The minimum atomic E-state index is -0.219. The summed E-state index contributed by atoms with van der Waals surface area (Å²) in [6.45, 7) is 2.97. The number of aromatic nitrogens is 2. The largest absolute Gasteiger partial charge is 0.325 e. The molecule has 0 radical (unpaired) electrons. The van der Waals surface area contributed by atoms with E-state index in [0.29, 0.717) is 0 Å². The second-order valence-electron chi connectivity index (χ2n) is 4.59. The minimum absolute atomic E-state index is 0.219. The van der Waals surface area contributed by atoms with Crippen LogP contribution in [0.25, 0.3) is 23.2 Å². The zero-order valence-electron chi connectivity index (χ0n) is 11.3. The second kappa shape index (κ2) is 5.29. The van der Waals surface area contributed by atoms with E-state index in [-0.39, 0.29) is 5.82 Å². The third kappa shape index (κ3) is 2.35. The van der Waals surface area contributed by atoms with Gasteiger partial charge in [-0.3, -0.25) is 0 Å². The fraction of sp³-hybridized carbons (Fsp3) is 0.118. The molecule has 2 aromatic carbocycles. The summed E-state index contributed by atoms with van der Waals surface area (Å²) in [5, 5.41) is 0. The molecule has 0 aliphatic heterocycles. The first-order valence-electron chi connectivity index (χ1n) is 6.67. The number of para-hydroxylation sites is 2. The van der Waals surface area contributed by atoms with Gasteiger partial charge in [0.15, 0.2) is 0 Å². The molecule has 0 atom stereocenters. The lowest BCUT2D eigenvalue weighted by atomic mass is 10.2. The fourth-order valence-electron chi connectivity index (χ4n) is 2.30. The summed E-state index contributed by atoms with van der Waals surface area (Å²) >= 11 is 0. The van der Waals surface area contributed by atoms with Gasteiger partial charge >= 0.3 is 0 Å². The number of imidazole rings is 1. The summed E-state index contributed by atoms with van der Waals surface area (Å²) in [5.74, 6) is 0.695. The number of halogens is 1. The van der Waals surface area contributed by atoms with Gasteiger partial charge in [0.2, 0.25) is 0 Å². The van der Waals surface area contributed by atoms with Gasteiger partial charge in [0, 0.05) is 6.54 Å². The number of hydrogen-bond acceptors (Lipinski definition) is 1. The van der Waals surface area contributed by atoms with Gasteiger partial charge in [-0.15, -0.1) is 0 Å². The molecule has 0 aliphatic carbocycles. The Balaban J connectivity index is 1.99. The molecular weight excluding hydrogens is 251 g/mol. The summed E-state index contributed by atoms with van der Waals surface area (Å²) in [6, 6.07) is 14.5. The van der Waals surface area contributed by atoms with E-state index in [2.05, 4.69) is 22.5 Å². The van der Waals surface area contributed by atoms with E-state index in [0.717, 1.165) is 29.0 Å². The highest BCUT2D eigenvalue weighted by Gasteiger charge is 2.05. The van der Waals surface area contributed by atoms with E-state index in [1.165, 1.54) is 12.1 Å². The van der Waals surface area contributed by atoms with Gasteiger partial charge in [0.05, 0.1) is 11.0 Å². The Morgan fingerprint density at radius 2 is 1.80 bits per heavy atom. The first-order valence-corrected chi connectivity index (χ1v) is 6.67. The summed E-state index contributed by atoms with van der Waals surface area (Å²) in [4.78, 5) is 4.62. The average Bonchev–Trinajstić information content (AvgIpc) is 2.84. The summed E-state index contributed by atoms with van der Waals surface area (Å²) in [6.07, 6.45) is 3.92. The van der Waals surface area contributed by atoms with Crippen LogP contribution in [-0.4, -0.2) is 9.55 Å². The van der Waals surface area contributed by atoms with Crippen molar-refractivity contribution in [2.75, 3.05) is 0 Å². The first-order chi connectivity index (χ1) is 9.78. The van der Waals surface area contributed by atoms with Crippen molar-refractivity contribution in [2.24, 2.45) is 0 Å². The monoisotopic (exact) mass is 266 g/mol. The molecular formula is C17H15FN2. The van der Waals surface area contributed by atoms with Crippen molar-refractivity contribution in [1.82, 2.24) is 9.55 Å². The Bertz CT molecular complexity index is 754. The number of hydrogen-bond donors (Lipinski definition) is 0. The third-order valence-electron chi connectivity index (χ3n) is 3.30. The summed E-state index contributed by atoms with van der Waals surface area (Å²) in [5.41, 5.74) is 3.09. The quantitative estimate of drug-likeness (QED) is 0.688. The third-order valence-corrected chi connectivity index (χ3v) is 3.30. The molecule has 0 bridgehead atoms. The Labute approximate surface area is 117 Å². The van der Waals surface area contributed by atoms with Crippen molar-refractivity contribution in [1.29, 1.82) is 0 Å². The maximum atomic E-state index is 12.9. The molecule has 0 saturated heterocycles. The highest BCUT2D eigenvalue weighted by Crippen LogP contribution is 2.17. The van der Waals surface area contributed by atoms with Crippen molar-refractivity contribution in [3.05, 3.63) is 65.7 Å². The van der Waals surface area contributed by atoms with E-state index in [9.17, 15) is 4.39 Å². The van der Waals surface area contributed by atoms with E-state index in [4.69, 9.17) is 0 Å². The van der Waals surface area contributed by atoms with Gasteiger partial charge in [-0.1, -0.05) is 30.3 Å². The van der Waals surface area contributed by atoms with Crippen LogP contribution in [0.3, 0.4) is 0 Å². The smallest absolute Gasteiger partial charge is 0.133 e. The van der Waals surface area contributed by atoms with Gasteiger partial charge in [0.25, 0.3) is 0 Å². The maximum Gasteiger partial charge on any atom is 0.133 e.